The Morgan fingerprint density at radius 2 is 1.82 bits per heavy atom. The molecule has 0 aliphatic rings. The molecule has 0 radical (unpaired) electrons. The van der Waals surface area contributed by atoms with E-state index in [9.17, 15) is 4.79 Å². The third kappa shape index (κ3) is 3.15. The predicted octanol–water partition coefficient (Wildman–Crippen LogP) is 3.10. The number of carbonyl (C=O) groups is 1. The maximum Gasteiger partial charge on any atom is 0.230 e. The SMILES string of the molecule is O=C(Cc1cnnn1-c1ccccc1)Nc1ccccc1Cl. The van der Waals surface area contributed by atoms with Crippen LogP contribution < -0.4 is 5.32 Å². The molecule has 1 N–H and O–H groups in total. The number of nitrogens with zero attached hydrogens (tertiary/aromatic N) is 3. The van der Waals surface area contributed by atoms with Gasteiger partial charge in [-0.15, -0.1) is 5.10 Å². The molecular weight excluding hydrogens is 300 g/mol. The van der Waals surface area contributed by atoms with Crippen molar-refractivity contribution in [2.24, 2.45) is 0 Å². The van der Waals surface area contributed by atoms with Crippen LogP contribution in [0.5, 0.6) is 0 Å². The first-order valence-corrected chi connectivity index (χ1v) is 7.11. The molecule has 22 heavy (non-hydrogen) atoms. The first-order chi connectivity index (χ1) is 10.7. The Morgan fingerprint density at radius 3 is 2.59 bits per heavy atom. The fourth-order valence-corrected chi connectivity index (χ4v) is 2.27. The molecule has 0 saturated heterocycles. The number of para-hydroxylation sites is 2. The molecule has 1 aromatic heterocycles. The second-order valence-corrected chi connectivity index (χ2v) is 5.08. The van der Waals surface area contributed by atoms with Gasteiger partial charge in [-0.2, -0.15) is 0 Å². The molecule has 6 heteroatoms. The highest BCUT2D eigenvalue weighted by molar-refractivity contribution is 6.33. The minimum absolute atomic E-state index is 0.160. The first kappa shape index (κ1) is 14.3. The van der Waals surface area contributed by atoms with Gasteiger partial charge in [-0.3, -0.25) is 4.79 Å². The number of aromatic nitrogens is 3. The lowest BCUT2D eigenvalue weighted by Crippen LogP contribution is -2.17. The highest BCUT2D eigenvalue weighted by Gasteiger charge is 2.12. The van der Waals surface area contributed by atoms with Gasteiger partial charge in [0.25, 0.3) is 0 Å². The molecule has 0 atom stereocenters. The monoisotopic (exact) mass is 312 g/mol. The summed E-state index contributed by atoms with van der Waals surface area (Å²) in [5, 5.41) is 11.2. The summed E-state index contributed by atoms with van der Waals surface area (Å²) in [6.07, 6.45) is 1.74. The van der Waals surface area contributed by atoms with Gasteiger partial charge in [0.15, 0.2) is 0 Å². The van der Waals surface area contributed by atoms with Gasteiger partial charge in [-0.25, -0.2) is 4.68 Å². The van der Waals surface area contributed by atoms with E-state index in [1.54, 1.807) is 23.0 Å². The molecule has 1 amide bonds. The van der Waals surface area contributed by atoms with Crippen molar-refractivity contribution in [1.29, 1.82) is 0 Å². The zero-order valence-electron chi connectivity index (χ0n) is 11.6. The van der Waals surface area contributed by atoms with Crippen molar-refractivity contribution in [3.05, 3.63) is 71.5 Å². The van der Waals surface area contributed by atoms with Crippen molar-refractivity contribution in [2.75, 3.05) is 5.32 Å². The van der Waals surface area contributed by atoms with Crippen molar-refractivity contribution >= 4 is 23.2 Å². The second-order valence-electron chi connectivity index (χ2n) is 4.68. The maximum atomic E-state index is 12.2. The molecule has 3 aromatic rings. The topological polar surface area (TPSA) is 59.8 Å². The molecule has 2 aromatic carbocycles. The normalized spacial score (nSPS) is 10.4. The van der Waals surface area contributed by atoms with Gasteiger partial charge in [0.05, 0.1) is 34.7 Å². The van der Waals surface area contributed by atoms with Gasteiger partial charge < -0.3 is 5.32 Å². The van der Waals surface area contributed by atoms with Crippen LogP contribution in [0.1, 0.15) is 5.69 Å². The van der Waals surface area contributed by atoms with E-state index < -0.39 is 0 Å². The maximum absolute atomic E-state index is 12.2. The number of anilines is 1. The van der Waals surface area contributed by atoms with Crippen LogP contribution in [-0.2, 0) is 11.2 Å². The lowest BCUT2D eigenvalue weighted by molar-refractivity contribution is -0.115. The van der Waals surface area contributed by atoms with Crippen LogP contribution in [0, 0.1) is 0 Å². The van der Waals surface area contributed by atoms with Crippen molar-refractivity contribution in [1.82, 2.24) is 15.0 Å². The molecule has 110 valence electrons. The van der Waals surface area contributed by atoms with Crippen LogP contribution in [0.3, 0.4) is 0 Å². The molecule has 0 saturated carbocycles. The van der Waals surface area contributed by atoms with Crippen molar-refractivity contribution in [3.8, 4) is 5.69 Å². The van der Waals surface area contributed by atoms with E-state index in [0.29, 0.717) is 16.4 Å². The Kier molecular flexibility index (Phi) is 4.16. The number of carbonyl (C=O) groups excluding carboxylic acids is 1. The van der Waals surface area contributed by atoms with E-state index >= 15 is 0 Å². The third-order valence-electron chi connectivity index (χ3n) is 3.11. The minimum Gasteiger partial charge on any atom is -0.324 e. The van der Waals surface area contributed by atoms with E-state index in [4.69, 9.17) is 11.6 Å². The molecule has 0 bridgehead atoms. The average Bonchev–Trinajstić information content (AvgIpc) is 2.98. The summed E-state index contributed by atoms with van der Waals surface area (Å²) in [6, 6.07) is 16.7. The summed E-state index contributed by atoms with van der Waals surface area (Å²) in [5.41, 5.74) is 2.16. The Labute approximate surface area is 132 Å². The molecule has 0 aliphatic carbocycles. The van der Waals surface area contributed by atoms with E-state index in [-0.39, 0.29) is 12.3 Å². The van der Waals surface area contributed by atoms with E-state index in [1.807, 2.05) is 42.5 Å². The zero-order valence-corrected chi connectivity index (χ0v) is 12.4. The van der Waals surface area contributed by atoms with E-state index in [0.717, 1.165) is 5.69 Å². The van der Waals surface area contributed by atoms with Gasteiger partial charge in [-0.1, -0.05) is 47.1 Å². The first-order valence-electron chi connectivity index (χ1n) is 6.73. The minimum atomic E-state index is -0.174. The van der Waals surface area contributed by atoms with Crippen LogP contribution in [0.25, 0.3) is 5.69 Å². The number of benzene rings is 2. The number of rotatable bonds is 4. The number of hydrogen-bond donors (Lipinski definition) is 1. The van der Waals surface area contributed by atoms with Gasteiger partial charge in [0, 0.05) is 0 Å². The molecule has 5 nitrogen and oxygen atoms in total. The number of amides is 1. The van der Waals surface area contributed by atoms with E-state index in [2.05, 4.69) is 15.6 Å². The Morgan fingerprint density at radius 1 is 1.09 bits per heavy atom. The van der Waals surface area contributed by atoms with Gasteiger partial charge in [0.2, 0.25) is 5.91 Å². The zero-order chi connectivity index (χ0) is 15.4. The third-order valence-corrected chi connectivity index (χ3v) is 3.44. The largest absolute Gasteiger partial charge is 0.324 e. The van der Waals surface area contributed by atoms with Crippen LogP contribution in [0.4, 0.5) is 5.69 Å². The number of hydrogen-bond acceptors (Lipinski definition) is 3. The summed E-state index contributed by atoms with van der Waals surface area (Å²) < 4.78 is 1.65. The Bertz CT molecular complexity index is 786. The molecule has 0 unspecified atom stereocenters. The predicted molar refractivity (Wildman–Crippen MR) is 85.1 cm³/mol. The molecule has 3 rings (SSSR count). The molecule has 0 spiro atoms. The summed E-state index contributed by atoms with van der Waals surface area (Å²) in [4.78, 5) is 12.2. The van der Waals surface area contributed by atoms with Crippen LogP contribution in [-0.4, -0.2) is 20.9 Å². The van der Waals surface area contributed by atoms with Gasteiger partial charge in [0.1, 0.15) is 0 Å². The summed E-state index contributed by atoms with van der Waals surface area (Å²) in [7, 11) is 0. The highest BCUT2D eigenvalue weighted by atomic mass is 35.5. The Hall–Kier alpha value is -2.66. The lowest BCUT2D eigenvalue weighted by Gasteiger charge is -2.08. The Balaban J connectivity index is 1.76. The van der Waals surface area contributed by atoms with Crippen LogP contribution >= 0.6 is 11.6 Å². The lowest BCUT2D eigenvalue weighted by atomic mass is 10.2. The molecule has 1 heterocycles. The summed E-state index contributed by atoms with van der Waals surface area (Å²) in [6.45, 7) is 0. The fourth-order valence-electron chi connectivity index (χ4n) is 2.08. The second kappa shape index (κ2) is 6.41. The molecule has 0 fully saturated rings. The highest BCUT2D eigenvalue weighted by Crippen LogP contribution is 2.20. The summed E-state index contributed by atoms with van der Waals surface area (Å²) in [5.74, 6) is -0.174. The quantitative estimate of drug-likeness (QED) is 0.805. The number of halogens is 1. The summed E-state index contributed by atoms with van der Waals surface area (Å²) >= 11 is 6.03. The van der Waals surface area contributed by atoms with Crippen molar-refractivity contribution in [2.45, 2.75) is 6.42 Å². The van der Waals surface area contributed by atoms with Gasteiger partial charge in [-0.05, 0) is 24.3 Å². The van der Waals surface area contributed by atoms with Crippen LogP contribution in [0.2, 0.25) is 5.02 Å². The van der Waals surface area contributed by atoms with E-state index in [1.165, 1.54) is 0 Å². The smallest absolute Gasteiger partial charge is 0.230 e. The van der Waals surface area contributed by atoms with Gasteiger partial charge >= 0.3 is 0 Å². The van der Waals surface area contributed by atoms with Crippen LogP contribution in [0.15, 0.2) is 60.8 Å². The molecule has 0 aliphatic heterocycles. The fraction of sp³-hybridized carbons (Fsp3) is 0.0625. The molecular formula is C16H13ClN4O. The van der Waals surface area contributed by atoms with Crippen molar-refractivity contribution < 1.29 is 4.79 Å². The standard InChI is InChI=1S/C16H13ClN4O/c17-14-8-4-5-9-15(14)19-16(22)10-13-11-18-20-21(13)12-6-2-1-3-7-12/h1-9,11H,10H2,(H,19,22). The number of nitrogens with one attached hydrogen (secondary N) is 1. The average molecular weight is 313 g/mol. The van der Waals surface area contributed by atoms with Crippen molar-refractivity contribution in [3.63, 3.8) is 0 Å².